The summed E-state index contributed by atoms with van der Waals surface area (Å²) in [5.41, 5.74) is 4.30. The van der Waals surface area contributed by atoms with Crippen LogP contribution in [-0.2, 0) is 4.74 Å². The van der Waals surface area contributed by atoms with Crippen LogP contribution in [0.3, 0.4) is 0 Å². The highest BCUT2D eigenvalue weighted by Gasteiger charge is 2.27. The highest BCUT2D eigenvalue weighted by Crippen LogP contribution is 2.33. The standard InChI is InChI=1S/C24H27N5O4S/c1-16-13-17(2)22-19(14-16)25-24(34-22)28-7-5-27(6-8-28)23(30)18-3-4-20(21(15-18)29(31)32)26-9-11-33-12-10-26/h3-4,13-15H,5-12H2,1-2H3. The fourth-order valence-corrected chi connectivity index (χ4v) is 5.73. The number of hydrogen-bond donors (Lipinski definition) is 0. The molecule has 1 aromatic heterocycles. The first-order valence-electron chi connectivity index (χ1n) is 11.4. The Balaban J connectivity index is 1.29. The van der Waals surface area contributed by atoms with Gasteiger partial charge >= 0.3 is 0 Å². The molecular weight excluding hydrogens is 454 g/mol. The third-order valence-electron chi connectivity index (χ3n) is 6.42. The number of carbonyl (C=O) groups excluding carboxylic acids is 1. The quantitative estimate of drug-likeness (QED) is 0.415. The minimum absolute atomic E-state index is 0.0356. The fraction of sp³-hybridized carbons (Fsp3) is 0.417. The SMILES string of the molecule is Cc1cc(C)c2sc(N3CCN(C(=O)c4ccc(N5CCOCC5)c([N+](=O)[O-])c4)CC3)nc2c1. The highest BCUT2D eigenvalue weighted by atomic mass is 32.1. The van der Waals surface area contributed by atoms with Crippen LogP contribution < -0.4 is 9.80 Å². The lowest BCUT2D eigenvalue weighted by Gasteiger charge is -2.34. The molecule has 2 saturated heterocycles. The monoisotopic (exact) mass is 481 g/mol. The van der Waals surface area contributed by atoms with Crippen molar-refractivity contribution >= 4 is 44.0 Å². The second-order valence-corrected chi connectivity index (χ2v) is 9.74. The lowest BCUT2D eigenvalue weighted by Crippen LogP contribution is -2.48. The van der Waals surface area contributed by atoms with Crippen molar-refractivity contribution in [2.24, 2.45) is 0 Å². The van der Waals surface area contributed by atoms with Gasteiger partial charge in [0.15, 0.2) is 5.13 Å². The van der Waals surface area contributed by atoms with Crippen molar-refractivity contribution in [2.45, 2.75) is 13.8 Å². The first-order valence-corrected chi connectivity index (χ1v) is 12.3. The van der Waals surface area contributed by atoms with Crippen LogP contribution in [0.1, 0.15) is 21.5 Å². The number of rotatable bonds is 4. The van der Waals surface area contributed by atoms with E-state index in [2.05, 4.69) is 30.9 Å². The van der Waals surface area contributed by atoms with Crippen LogP contribution in [0, 0.1) is 24.0 Å². The maximum Gasteiger partial charge on any atom is 0.293 e. The first-order chi connectivity index (χ1) is 16.4. The van der Waals surface area contributed by atoms with Gasteiger partial charge < -0.3 is 19.4 Å². The Morgan fingerprint density at radius 3 is 2.47 bits per heavy atom. The number of amides is 1. The Kier molecular flexibility index (Phi) is 6.09. The number of aryl methyl sites for hydroxylation is 2. The Labute approximate surface area is 201 Å². The second-order valence-electron chi connectivity index (χ2n) is 8.77. The zero-order valence-corrected chi connectivity index (χ0v) is 20.1. The molecule has 2 aliphatic rings. The molecule has 3 aromatic rings. The van der Waals surface area contributed by atoms with Crippen molar-refractivity contribution in [3.63, 3.8) is 0 Å². The second kappa shape index (κ2) is 9.19. The summed E-state index contributed by atoms with van der Waals surface area (Å²) in [5, 5.41) is 12.7. The lowest BCUT2D eigenvalue weighted by molar-refractivity contribution is -0.384. The molecule has 2 aliphatic heterocycles. The number of piperazine rings is 1. The Morgan fingerprint density at radius 2 is 1.76 bits per heavy atom. The van der Waals surface area contributed by atoms with Gasteiger partial charge in [-0.3, -0.25) is 14.9 Å². The van der Waals surface area contributed by atoms with E-state index >= 15 is 0 Å². The topological polar surface area (TPSA) is 92.0 Å². The number of fused-ring (bicyclic) bond motifs is 1. The summed E-state index contributed by atoms with van der Waals surface area (Å²) in [6.07, 6.45) is 0. The molecular formula is C24H27N5O4S. The van der Waals surface area contributed by atoms with Crippen molar-refractivity contribution in [3.8, 4) is 0 Å². The summed E-state index contributed by atoms with van der Waals surface area (Å²) in [4.78, 5) is 35.3. The van der Waals surface area contributed by atoms with E-state index in [9.17, 15) is 14.9 Å². The largest absolute Gasteiger partial charge is 0.378 e. The third kappa shape index (κ3) is 4.30. The average Bonchev–Trinajstić information content (AvgIpc) is 3.28. The maximum absolute atomic E-state index is 13.2. The maximum atomic E-state index is 13.2. The zero-order valence-electron chi connectivity index (χ0n) is 19.3. The molecule has 0 N–H and O–H groups in total. The van der Waals surface area contributed by atoms with Gasteiger partial charge in [0.2, 0.25) is 0 Å². The normalized spacial score (nSPS) is 16.8. The van der Waals surface area contributed by atoms with Gasteiger partial charge in [0.1, 0.15) is 5.69 Å². The highest BCUT2D eigenvalue weighted by molar-refractivity contribution is 7.22. The van der Waals surface area contributed by atoms with Crippen LogP contribution in [0.4, 0.5) is 16.5 Å². The molecule has 0 saturated carbocycles. The van der Waals surface area contributed by atoms with E-state index in [0.29, 0.717) is 63.7 Å². The molecule has 2 fully saturated rings. The molecule has 34 heavy (non-hydrogen) atoms. The van der Waals surface area contributed by atoms with Crippen molar-refractivity contribution in [1.29, 1.82) is 0 Å². The number of ether oxygens (including phenoxy) is 1. The van der Waals surface area contributed by atoms with Crippen molar-refractivity contribution in [1.82, 2.24) is 9.88 Å². The predicted molar refractivity (Wildman–Crippen MR) is 133 cm³/mol. The molecule has 0 atom stereocenters. The molecule has 2 aromatic carbocycles. The van der Waals surface area contributed by atoms with Gasteiger partial charge in [-0.15, -0.1) is 0 Å². The van der Waals surface area contributed by atoms with E-state index < -0.39 is 4.92 Å². The first kappa shape index (κ1) is 22.5. The van der Waals surface area contributed by atoms with Gasteiger partial charge in [-0.1, -0.05) is 17.4 Å². The van der Waals surface area contributed by atoms with E-state index in [-0.39, 0.29) is 11.6 Å². The summed E-state index contributed by atoms with van der Waals surface area (Å²) in [5.74, 6) is -0.174. The molecule has 3 heterocycles. The number of thiazole rings is 1. The minimum atomic E-state index is -0.406. The molecule has 0 radical (unpaired) electrons. The van der Waals surface area contributed by atoms with Gasteiger partial charge in [-0.25, -0.2) is 4.98 Å². The molecule has 0 aliphatic carbocycles. The fourth-order valence-electron chi connectivity index (χ4n) is 4.66. The van der Waals surface area contributed by atoms with Gasteiger partial charge in [0, 0.05) is 50.9 Å². The third-order valence-corrected chi connectivity index (χ3v) is 7.68. The molecule has 0 bridgehead atoms. The molecule has 5 rings (SSSR count). The summed E-state index contributed by atoms with van der Waals surface area (Å²) in [7, 11) is 0. The smallest absolute Gasteiger partial charge is 0.293 e. The summed E-state index contributed by atoms with van der Waals surface area (Å²) in [6, 6.07) is 9.09. The van der Waals surface area contributed by atoms with Gasteiger partial charge in [0.05, 0.1) is 28.4 Å². The van der Waals surface area contributed by atoms with E-state index in [4.69, 9.17) is 9.72 Å². The molecule has 178 valence electrons. The summed E-state index contributed by atoms with van der Waals surface area (Å²) >= 11 is 1.69. The number of nitro benzene ring substituents is 1. The molecule has 1 amide bonds. The van der Waals surface area contributed by atoms with Crippen LogP contribution in [0.5, 0.6) is 0 Å². The van der Waals surface area contributed by atoms with E-state index in [1.54, 1.807) is 28.4 Å². The van der Waals surface area contributed by atoms with Crippen molar-refractivity contribution in [3.05, 3.63) is 57.1 Å². The Bertz CT molecular complexity index is 1250. The van der Waals surface area contributed by atoms with Crippen molar-refractivity contribution in [2.75, 3.05) is 62.3 Å². The number of hydrogen-bond acceptors (Lipinski definition) is 8. The van der Waals surface area contributed by atoms with E-state index in [1.165, 1.54) is 21.9 Å². The minimum Gasteiger partial charge on any atom is -0.378 e. The lowest BCUT2D eigenvalue weighted by atomic mass is 10.1. The number of nitrogens with zero attached hydrogens (tertiary/aromatic N) is 5. The molecule has 9 nitrogen and oxygen atoms in total. The van der Waals surface area contributed by atoms with Gasteiger partial charge in [0.25, 0.3) is 11.6 Å². The van der Waals surface area contributed by atoms with Gasteiger partial charge in [-0.2, -0.15) is 0 Å². The average molecular weight is 482 g/mol. The van der Waals surface area contributed by atoms with Crippen LogP contribution in [-0.4, -0.2) is 73.2 Å². The predicted octanol–water partition coefficient (Wildman–Crippen LogP) is 3.62. The summed E-state index contributed by atoms with van der Waals surface area (Å²) < 4.78 is 6.55. The molecule has 10 heteroatoms. The van der Waals surface area contributed by atoms with Crippen LogP contribution in [0.15, 0.2) is 30.3 Å². The summed E-state index contributed by atoms with van der Waals surface area (Å²) in [6.45, 7) is 8.91. The van der Waals surface area contributed by atoms with Gasteiger partial charge in [-0.05, 0) is 43.2 Å². The number of carbonyl (C=O) groups is 1. The van der Waals surface area contributed by atoms with Crippen molar-refractivity contribution < 1.29 is 14.5 Å². The number of benzene rings is 2. The number of nitro groups is 1. The Hall–Kier alpha value is -3.24. The number of aromatic nitrogens is 1. The zero-order chi connectivity index (χ0) is 23.8. The Morgan fingerprint density at radius 1 is 1.03 bits per heavy atom. The number of anilines is 2. The molecule has 0 spiro atoms. The number of morpholine rings is 1. The molecule has 0 unspecified atom stereocenters. The van der Waals surface area contributed by atoms with Crippen LogP contribution in [0.2, 0.25) is 0 Å². The van der Waals surface area contributed by atoms with Crippen LogP contribution in [0.25, 0.3) is 10.2 Å². The van der Waals surface area contributed by atoms with E-state index in [1.807, 2.05) is 4.90 Å². The van der Waals surface area contributed by atoms with Crippen LogP contribution >= 0.6 is 11.3 Å². The van der Waals surface area contributed by atoms with E-state index in [0.717, 1.165) is 10.6 Å².